The molecule has 0 radical (unpaired) electrons. The molecule has 0 unspecified atom stereocenters. The number of fused-ring (bicyclic) bond motifs is 2. The maximum absolute atomic E-state index is 2.39. The average molecular weight is 316 g/mol. The van der Waals surface area contributed by atoms with Gasteiger partial charge in [-0.15, -0.1) is 0 Å². The van der Waals surface area contributed by atoms with Crippen molar-refractivity contribution in [3.8, 4) is 0 Å². The van der Waals surface area contributed by atoms with Crippen molar-refractivity contribution in [3.05, 3.63) is 59.0 Å². The molecule has 0 saturated carbocycles. The normalized spacial score (nSPS) is 14.8. The molecule has 0 heterocycles. The SMILES string of the molecule is CC(C)(C)/C=c1/cc2cc3ccccc3cc2c/c1=C/C(C)(C)C. The van der Waals surface area contributed by atoms with Crippen LogP contribution in [0.1, 0.15) is 41.5 Å². The molecule has 0 aliphatic carbocycles. The van der Waals surface area contributed by atoms with Crippen molar-refractivity contribution in [2.24, 2.45) is 10.8 Å². The summed E-state index contributed by atoms with van der Waals surface area (Å²) in [7, 11) is 0. The molecule has 124 valence electrons. The van der Waals surface area contributed by atoms with E-state index in [0.717, 1.165) is 0 Å². The minimum absolute atomic E-state index is 0.158. The van der Waals surface area contributed by atoms with Gasteiger partial charge >= 0.3 is 0 Å². The molecule has 3 aromatic rings. The number of benzene rings is 3. The van der Waals surface area contributed by atoms with Crippen LogP contribution in [0.4, 0.5) is 0 Å². The predicted octanol–water partition coefficient (Wildman–Crippen LogP) is 5.65. The maximum Gasteiger partial charge on any atom is -0.0171 e. The van der Waals surface area contributed by atoms with Crippen LogP contribution in [0.5, 0.6) is 0 Å². The van der Waals surface area contributed by atoms with Crippen LogP contribution in [0.25, 0.3) is 33.7 Å². The summed E-state index contributed by atoms with van der Waals surface area (Å²) in [5, 5.41) is 7.91. The summed E-state index contributed by atoms with van der Waals surface area (Å²) in [6.45, 7) is 13.6. The van der Waals surface area contributed by atoms with Gasteiger partial charge < -0.3 is 0 Å². The van der Waals surface area contributed by atoms with Crippen LogP contribution in [0.3, 0.4) is 0 Å². The molecule has 0 N–H and O–H groups in total. The Morgan fingerprint density at radius 3 is 1.25 bits per heavy atom. The van der Waals surface area contributed by atoms with Gasteiger partial charge in [-0.3, -0.25) is 0 Å². The number of hydrogen-bond acceptors (Lipinski definition) is 0. The lowest BCUT2D eigenvalue weighted by atomic mass is 9.90. The molecule has 0 spiro atoms. The molecule has 0 saturated heterocycles. The first-order chi connectivity index (χ1) is 11.1. The van der Waals surface area contributed by atoms with Gasteiger partial charge in [-0.05, 0) is 67.1 Å². The van der Waals surface area contributed by atoms with Gasteiger partial charge in [0.2, 0.25) is 0 Å². The zero-order chi connectivity index (χ0) is 17.5. The first-order valence-electron chi connectivity index (χ1n) is 8.79. The van der Waals surface area contributed by atoms with E-state index in [0.29, 0.717) is 0 Å². The van der Waals surface area contributed by atoms with E-state index in [-0.39, 0.29) is 10.8 Å². The van der Waals surface area contributed by atoms with Crippen molar-refractivity contribution in [2.45, 2.75) is 41.5 Å². The zero-order valence-corrected chi connectivity index (χ0v) is 15.8. The van der Waals surface area contributed by atoms with Crippen LogP contribution < -0.4 is 10.4 Å². The van der Waals surface area contributed by atoms with Crippen LogP contribution in [-0.4, -0.2) is 0 Å². The van der Waals surface area contributed by atoms with E-state index >= 15 is 0 Å². The van der Waals surface area contributed by atoms with Gasteiger partial charge in [0.15, 0.2) is 0 Å². The summed E-state index contributed by atoms with van der Waals surface area (Å²) in [6.07, 6.45) is 4.78. The molecule has 0 aliphatic rings. The Kier molecular flexibility index (Phi) is 4.03. The molecule has 0 aliphatic heterocycles. The highest BCUT2D eigenvalue weighted by Gasteiger charge is 2.09. The van der Waals surface area contributed by atoms with Crippen molar-refractivity contribution < 1.29 is 0 Å². The second-order valence-corrected chi connectivity index (χ2v) is 9.05. The quantitative estimate of drug-likeness (QED) is 0.470. The van der Waals surface area contributed by atoms with Gasteiger partial charge in [0, 0.05) is 0 Å². The Morgan fingerprint density at radius 1 is 0.542 bits per heavy atom. The fourth-order valence-electron chi connectivity index (χ4n) is 3.21. The Bertz CT molecular complexity index is 922. The largest absolute Gasteiger partial charge is 0.0713 e. The molecule has 0 fully saturated rings. The minimum Gasteiger partial charge on any atom is -0.0713 e. The molecule has 24 heavy (non-hydrogen) atoms. The molecule has 3 aromatic carbocycles. The van der Waals surface area contributed by atoms with Crippen LogP contribution in [0, 0.1) is 10.8 Å². The minimum atomic E-state index is 0.158. The first kappa shape index (κ1) is 16.8. The predicted molar refractivity (Wildman–Crippen MR) is 109 cm³/mol. The fourth-order valence-corrected chi connectivity index (χ4v) is 3.21. The lowest BCUT2D eigenvalue weighted by Crippen LogP contribution is -2.28. The molecule has 0 amide bonds. The van der Waals surface area contributed by atoms with Crippen LogP contribution in [0.2, 0.25) is 0 Å². The summed E-state index contributed by atoms with van der Waals surface area (Å²) in [6, 6.07) is 17.9. The Balaban J connectivity index is 2.43. The van der Waals surface area contributed by atoms with Crippen molar-refractivity contribution in [1.29, 1.82) is 0 Å². The lowest BCUT2D eigenvalue weighted by Gasteiger charge is -2.15. The van der Waals surface area contributed by atoms with Crippen molar-refractivity contribution in [1.82, 2.24) is 0 Å². The highest BCUT2D eigenvalue weighted by Crippen LogP contribution is 2.22. The standard InChI is InChI=1S/C24H28/c1-23(2,3)15-21-13-19-11-17-9-7-8-10-18(17)12-20(19)14-22(21)16-24(4,5)6/h7-16H,1-6H3/b21-15-,22-16-. The average Bonchev–Trinajstić information content (AvgIpc) is 2.43. The molecule has 0 nitrogen and oxygen atoms in total. The summed E-state index contributed by atoms with van der Waals surface area (Å²) in [5.74, 6) is 0. The fraction of sp³-hybridized carbons (Fsp3) is 0.333. The third-order valence-electron chi connectivity index (χ3n) is 4.08. The lowest BCUT2D eigenvalue weighted by molar-refractivity contribution is 0.580. The van der Waals surface area contributed by atoms with E-state index in [1.54, 1.807) is 0 Å². The summed E-state index contributed by atoms with van der Waals surface area (Å²) in [5.41, 5.74) is 0.315. The third kappa shape index (κ3) is 3.87. The number of rotatable bonds is 0. The molecule has 0 atom stereocenters. The molecular formula is C24H28. The number of hydrogen-bond donors (Lipinski definition) is 0. The highest BCUT2D eigenvalue weighted by atomic mass is 14.1. The summed E-state index contributed by atoms with van der Waals surface area (Å²) >= 11 is 0. The van der Waals surface area contributed by atoms with Crippen LogP contribution >= 0.6 is 0 Å². The van der Waals surface area contributed by atoms with Gasteiger partial charge in [0.25, 0.3) is 0 Å². The highest BCUT2D eigenvalue weighted by molar-refractivity contribution is 5.98. The van der Waals surface area contributed by atoms with E-state index in [1.165, 1.54) is 32.0 Å². The Labute approximate surface area is 145 Å². The van der Waals surface area contributed by atoms with Crippen LogP contribution in [-0.2, 0) is 0 Å². The van der Waals surface area contributed by atoms with E-state index in [9.17, 15) is 0 Å². The van der Waals surface area contributed by atoms with E-state index in [1.807, 2.05) is 0 Å². The zero-order valence-electron chi connectivity index (χ0n) is 15.8. The van der Waals surface area contributed by atoms with Gasteiger partial charge in [-0.2, -0.15) is 0 Å². The molecular weight excluding hydrogens is 288 g/mol. The summed E-state index contributed by atoms with van der Waals surface area (Å²) < 4.78 is 0. The van der Waals surface area contributed by atoms with Gasteiger partial charge in [0.1, 0.15) is 0 Å². The topological polar surface area (TPSA) is 0 Å². The molecule has 0 heteroatoms. The second-order valence-electron chi connectivity index (χ2n) is 9.05. The van der Waals surface area contributed by atoms with Gasteiger partial charge in [-0.1, -0.05) is 78.0 Å². The van der Waals surface area contributed by atoms with E-state index in [4.69, 9.17) is 0 Å². The third-order valence-corrected chi connectivity index (χ3v) is 4.08. The Hall–Kier alpha value is -2.08. The summed E-state index contributed by atoms with van der Waals surface area (Å²) in [4.78, 5) is 0. The van der Waals surface area contributed by atoms with E-state index in [2.05, 4.69) is 102 Å². The van der Waals surface area contributed by atoms with Crippen LogP contribution in [0.15, 0.2) is 48.5 Å². The maximum atomic E-state index is 2.39. The molecule has 0 aromatic heterocycles. The van der Waals surface area contributed by atoms with Gasteiger partial charge in [-0.25, -0.2) is 0 Å². The van der Waals surface area contributed by atoms with Gasteiger partial charge in [0.05, 0.1) is 0 Å². The first-order valence-corrected chi connectivity index (χ1v) is 8.79. The second kappa shape index (κ2) is 5.77. The molecule has 3 rings (SSSR count). The van der Waals surface area contributed by atoms with Crippen molar-refractivity contribution in [3.63, 3.8) is 0 Å². The Morgan fingerprint density at radius 2 is 0.917 bits per heavy atom. The molecule has 0 bridgehead atoms. The van der Waals surface area contributed by atoms with Crippen molar-refractivity contribution in [2.75, 3.05) is 0 Å². The van der Waals surface area contributed by atoms with E-state index < -0.39 is 0 Å². The smallest absolute Gasteiger partial charge is 0.0171 e. The van der Waals surface area contributed by atoms with Crippen molar-refractivity contribution >= 4 is 33.7 Å². The monoisotopic (exact) mass is 316 g/mol.